The van der Waals surface area contributed by atoms with Crippen molar-refractivity contribution in [2.45, 2.75) is 32.7 Å². The molecule has 19 heavy (non-hydrogen) atoms. The number of aryl methyl sites for hydroxylation is 1. The van der Waals surface area contributed by atoms with E-state index in [0.29, 0.717) is 6.61 Å². The smallest absolute Gasteiger partial charge is 0.217 e. The highest BCUT2D eigenvalue weighted by Gasteiger charge is 2.28. The zero-order valence-corrected chi connectivity index (χ0v) is 11.7. The second kappa shape index (κ2) is 4.37. The molecule has 0 amide bonds. The molecule has 2 nitrogen and oxygen atoms in total. The monoisotopic (exact) mass is 253 g/mol. The molecular weight excluding hydrogens is 234 g/mol. The summed E-state index contributed by atoms with van der Waals surface area (Å²) in [4.78, 5) is 4.70. The van der Waals surface area contributed by atoms with E-state index in [1.165, 1.54) is 16.3 Å². The summed E-state index contributed by atoms with van der Waals surface area (Å²) < 4.78 is 5.80. The second-order valence-corrected chi connectivity index (χ2v) is 5.68. The normalized spacial score (nSPS) is 17.3. The van der Waals surface area contributed by atoms with Crippen LogP contribution in [0.5, 0.6) is 0 Å². The lowest BCUT2D eigenvalue weighted by molar-refractivity contribution is 0.279. The fourth-order valence-electron chi connectivity index (χ4n) is 2.64. The van der Waals surface area contributed by atoms with Crippen LogP contribution in [0, 0.1) is 0 Å². The van der Waals surface area contributed by atoms with Crippen molar-refractivity contribution in [2.75, 3.05) is 6.61 Å². The first kappa shape index (κ1) is 12.2. The molecule has 0 saturated carbocycles. The number of nitrogens with zero attached hydrogens (tertiary/aromatic N) is 1. The number of benzene rings is 2. The van der Waals surface area contributed by atoms with Crippen LogP contribution in [0.15, 0.2) is 41.4 Å². The lowest BCUT2D eigenvalue weighted by Crippen LogP contribution is -2.17. The van der Waals surface area contributed by atoms with E-state index >= 15 is 0 Å². The highest BCUT2D eigenvalue weighted by atomic mass is 16.5. The SMILES string of the molecule is CCc1c(C2=NC(C)(C)CO2)ccc2ccccc12. The Kier molecular flexibility index (Phi) is 2.81. The van der Waals surface area contributed by atoms with Crippen molar-refractivity contribution < 1.29 is 4.74 Å². The summed E-state index contributed by atoms with van der Waals surface area (Å²) in [6.45, 7) is 7.06. The van der Waals surface area contributed by atoms with Gasteiger partial charge in [0.25, 0.3) is 0 Å². The number of aliphatic imine (C=N–C) groups is 1. The van der Waals surface area contributed by atoms with Crippen LogP contribution in [0.1, 0.15) is 31.9 Å². The fraction of sp³-hybridized carbons (Fsp3) is 0.353. The van der Waals surface area contributed by atoms with Crippen molar-refractivity contribution in [3.63, 3.8) is 0 Å². The average molecular weight is 253 g/mol. The van der Waals surface area contributed by atoms with Crippen LogP contribution >= 0.6 is 0 Å². The first-order valence-electron chi connectivity index (χ1n) is 6.84. The lowest BCUT2D eigenvalue weighted by atomic mass is 9.97. The largest absolute Gasteiger partial charge is 0.475 e. The Labute approximate surface area is 114 Å². The van der Waals surface area contributed by atoms with Gasteiger partial charge in [0, 0.05) is 5.56 Å². The molecule has 1 aliphatic heterocycles. The molecule has 0 aliphatic carbocycles. The number of rotatable bonds is 2. The van der Waals surface area contributed by atoms with E-state index in [1.807, 2.05) is 0 Å². The summed E-state index contributed by atoms with van der Waals surface area (Å²) in [6.07, 6.45) is 0.986. The Morgan fingerprint density at radius 1 is 1.16 bits per heavy atom. The van der Waals surface area contributed by atoms with Crippen molar-refractivity contribution in [1.29, 1.82) is 0 Å². The van der Waals surface area contributed by atoms with Gasteiger partial charge in [-0.25, -0.2) is 4.99 Å². The second-order valence-electron chi connectivity index (χ2n) is 5.68. The van der Waals surface area contributed by atoms with Crippen LogP contribution in [0.4, 0.5) is 0 Å². The highest BCUT2D eigenvalue weighted by molar-refractivity contribution is 6.02. The zero-order valence-electron chi connectivity index (χ0n) is 11.7. The van der Waals surface area contributed by atoms with Gasteiger partial charge in [-0.3, -0.25) is 0 Å². The molecule has 2 aromatic rings. The van der Waals surface area contributed by atoms with Crippen molar-refractivity contribution in [1.82, 2.24) is 0 Å². The van der Waals surface area contributed by atoms with Crippen LogP contribution in [0.3, 0.4) is 0 Å². The molecule has 0 atom stereocenters. The van der Waals surface area contributed by atoms with E-state index in [1.54, 1.807) is 0 Å². The summed E-state index contributed by atoms with van der Waals surface area (Å²) in [5, 5.41) is 2.58. The van der Waals surface area contributed by atoms with E-state index in [9.17, 15) is 0 Å². The molecule has 3 rings (SSSR count). The van der Waals surface area contributed by atoms with Gasteiger partial charge in [0.05, 0.1) is 5.54 Å². The van der Waals surface area contributed by atoms with E-state index in [4.69, 9.17) is 9.73 Å². The molecule has 0 N–H and O–H groups in total. The van der Waals surface area contributed by atoms with Gasteiger partial charge in [0.1, 0.15) is 6.61 Å². The number of fused-ring (bicyclic) bond motifs is 1. The Morgan fingerprint density at radius 3 is 2.63 bits per heavy atom. The number of hydrogen-bond donors (Lipinski definition) is 0. The lowest BCUT2D eigenvalue weighted by Gasteiger charge is -2.11. The predicted octanol–water partition coefficient (Wildman–Crippen LogP) is 3.96. The van der Waals surface area contributed by atoms with Gasteiger partial charge in [-0.1, -0.05) is 37.3 Å². The maximum absolute atomic E-state index is 5.80. The summed E-state index contributed by atoms with van der Waals surface area (Å²) in [7, 11) is 0. The standard InChI is InChI=1S/C17H19NO/c1-4-13-14-8-6-5-7-12(14)9-10-15(13)16-18-17(2,3)11-19-16/h5-10H,4,11H2,1-3H3. The molecule has 0 radical (unpaired) electrons. The van der Waals surface area contributed by atoms with E-state index in [2.05, 4.69) is 57.2 Å². The van der Waals surface area contributed by atoms with Gasteiger partial charge in [-0.2, -0.15) is 0 Å². The quantitative estimate of drug-likeness (QED) is 0.794. The maximum atomic E-state index is 5.80. The van der Waals surface area contributed by atoms with Crippen LogP contribution in [-0.4, -0.2) is 18.0 Å². The minimum atomic E-state index is -0.105. The first-order valence-corrected chi connectivity index (χ1v) is 6.84. The molecule has 0 bridgehead atoms. The highest BCUT2D eigenvalue weighted by Crippen LogP contribution is 2.27. The minimum Gasteiger partial charge on any atom is -0.475 e. The molecule has 2 aromatic carbocycles. The van der Waals surface area contributed by atoms with Gasteiger partial charge < -0.3 is 4.74 Å². The van der Waals surface area contributed by atoms with Crippen molar-refractivity contribution in [3.8, 4) is 0 Å². The van der Waals surface area contributed by atoms with Crippen LogP contribution < -0.4 is 0 Å². The van der Waals surface area contributed by atoms with Crippen molar-refractivity contribution >= 4 is 16.7 Å². The molecule has 0 unspecified atom stereocenters. The summed E-state index contributed by atoms with van der Waals surface area (Å²) >= 11 is 0. The van der Waals surface area contributed by atoms with Crippen molar-refractivity contribution in [3.05, 3.63) is 47.5 Å². The van der Waals surface area contributed by atoms with Gasteiger partial charge >= 0.3 is 0 Å². The van der Waals surface area contributed by atoms with Gasteiger partial charge in [0.15, 0.2) is 0 Å². The molecule has 0 saturated heterocycles. The molecule has 98 valence electrons. The van der Waals surface area contributed by atoms with E-state index in [-0.39, 0.29) is 5.54 Å². The fourth-order valence-corrected chi connectivity index (χ4v) is 2.64. The minimum absolute atomic E-state index is 0.105. The maximum Gasteiger partial charge on any atom is 0.217 e. The first-order chi connectivity index (χ1) is 9.11. The van der Waals surface area contributed by atoms with Crippen molar-refractivity contribution in [2.24, 2.45) is 4.99 Å². The van der Waals surface area contributed by atoms with Crippen LogP contribution in [0.2, 0.25) is 0 Å². The Morgan fingerprint density at radius 2 is 1.95 bits per heavy atom. The predicted molar refractivity (Wildman–Crippen MR) is 79.9 cm³/mol. The van der Waals surface area contributed by atoms with Crippen LogP contribution in [0.25, 0.3) is 10.8 Å². The molecule has 1 aliphatic rings. The Hall–Kier alpha value is -1.83. The van der Waals surface area contributed by atoms with Gasteiger partial charge in [0.2, 0.25) is 5.90 Å². The van der Waals surface area contributed by atoms with E-state index < -0.39 is 0 Å². The third-order valence-corrected chi connectivity index (χ3v) is 3.59. The number of ether oxygens (including phenoxy) is 1. The molecule has 0 aromatic heterocycles. The molecule has 0 spiro atoms. The average Bonchev–Trinajstić information content (AvgIpc) is 2.77. The molecule has 0 fully saturated rings. The van der Waals surface area contributed by atoms with Gasteiger partial charge in [-0.05, 0) is 42.7 Å². The van der Waals surface area contributed by atoms with Crippen LogP contribution in [-0.2, 0) is 11.2 Å². The van der Waals surface area contributed by atoms with Gasteiger partial charge in [-0.15, -0.1) is 0 Å². The zero-order chi connectivity index (χ0) is 13.5. The Balaban J connectivity index is 2.20. The molecule has 1 heterocycles. The Bertz CT molecular complexity index is 655. The third kappa shape index (κ3) is 2.12. The summed E-state index contributed by atoms with van der Waals surface area (Å²) in [6, 6.07) is 12.8. The number of hydrogen-bond acceptors (Lipinski definition) is 2. The van der Waals surface area contributed by atoms with E-state index in [0.717, 1.165) is 17.9 Å². The molecule has 2 heteroatoms. The summed E-state index contributed by atoms with van der Waals surface area (Å²) in [5.74, 6) is 0.799. The summed E-state index contributed by atoms with van der Waals surface area (Å²) in [5.41, 5.74) is 2.37. The third-order valence-electron chi connectivity index (χ3n) is 3.59. The topological polar surface area (TPSA) is 21.6 Å². The molecular formula is C17H19NO.